The molecule has 1 aromatic heterocycles. The van der Waals surface area contributed by atoms with Crippen LogP contribution in [-0.2, 0) is 47.7 Å². The number of ether oxygens (including phenoxy) is 5. The number of cyclic esters (lactones) is 1. The number of piperidine rings is 1. The number of allylic oxidation sites excluding steroid dienone is 6. The average Bonchev–Trinajstić information content (AvgIpc) is 3.88. The fraction of sp³-hybridized carbons (Fsp3) is 0.725. The van der Waals surface area contributed by atoms with E-state index in [4.69, 9.17) is 23.7 Å². The molecule has 1 saturated carbocycles. The first-order valence-corrected chi connectivity index (χ1v) is 24.7. The van der Waals surface area contributed by atoms with Crippen LogP contribution in [-0.4, -0.2) is 152 Å². The fourth-order valence-corrected chi connectivity index (χ4v) is 10.5. The van der Waals surface area contributed by atoms with Crippen molar-refractivity contribution in [2.75, 3.05) is 27.9 Å². The Hall–Kier alpha value is -4.30. The first-order chi connectivity index (χ1) is 32.8. The Morgan fingerprint density at radius 1 is 0.884 bits per heavy atom. The Balaban J connectivity index is 1.46. The van der Waals surface area contributed by atoms with E-state index in [0.717, 1.165) is 23.3 Å². The van der Waals surface area contributed by atoms with Crippen molar-refractivity contribution in [2.24, 2.45) is 29.6 Å². The molecule has 3 N–H and O–H groups in total. The molecule has 0 spiro atoms. The number of aromatic nitrogens is 4. The minimum absolute atomic E-state index is 0.00341. The van der Waals surface area contributed by atoms with Crippen LogP contribution in [0.25, 0.3) is 0 Å². The van der Waals surface area contributed by atoms with Crippen molar-refractivity contribution in [3.05, 3.63) is 53.9 Å². The van der Waals surface area contributed by atoms with E-state index in [-0.39, 0.29) is 80.1 Å². The molecule has 69 heavy (non-hydrogen) atoms. The van der Waals surface area contributed by atoms with Gasteiger partial charge in [-0.05, 0) is 117 Å². The molecular weight excluding hydrogens is 891 g/mol. The number of nitrogens with zero attached hydrogens (tertiary/aromatic N) is 5. The Morgan fingerprint density at radius 3 is 2.32 bits per heavy atom. The number of carbonyl (C=O) groups is 5. The third-order valence-corrected chi connectivity index (χ3v) is 14.8. The average molecular weight is 968 g/mol. The van der Waals surface area contributed by atoms with Crippen LogP contribution < -0.4 is 0 Å². The first-order valence-electron chi connectivity index (χ1n) is 24.7. The van der Waals surface area contributed by atoms with E-state index in [2.05, 4.69) is 15.5 Å². The zero-order valence-electron chi connectivity index (χ0n) is 42.0. The van der Waals surface area contributed by atoms with Crippen LogP contribution >= 0.6 is 0 Å². The quantitative estimate of drug-likeness (QED) is 0.189. The van der Waals surface area contributed by atoms with E-state index in [0.29, 0.717) is 37.7 Å². The zero-order chi connectivity index (χ0) is 50.6. The molecule has 384 valence electrons. The molecule has 1 amide bonds. The fourth-order valence-electron chi connectivity index (χ4n) is 10.5. The number of esters is 1. The molecule has 1 aliphatic carbocycles. The number of aliphatic hydroxyl groups excluding tert-OH is 2. The van der Waals surface area contributed by atoms with Crippen LogP contribution in [0, 0.1) is 29.6 Å². The number of fused-ring (bicyclic) bond motifs is 3. The third-order valence-electron chi connectivity index (χ3n) is 14.8. The molecule has 18 heteroatoms. The number of aliphatic hydroxyl groups is 3. The molecule has 0 radical (unpaired) electrons. The van der Waals surface area contributed by atoms with Gasteiger partial charge in [-0.15, -0.1) is 5.10 Å². The van der Waals surface area contributed by atoms with Crippen LogP contribution in [0.1, 0.15) is 125 Å². The maximum atomic E-state index is 14.5. The Bertz CT molecular complexity index is 2020. The van der Waals surface area contributed by atoms with Crippen molar-refractivity contribution in [1.82, 2.24) is 25.1 Å². The number of tetrazole rings is 1. The summed E-state index contributed by atoms with van der Waals surface area (Å²) in [6, 6.07) is -1.29. The molecule has 4 aliphatic rings. The summed E-state index contributed by atoms with van der Waals surface area (Å²) in [5.41, 5.74) is 1.19. The maximum absolute atomic E-state index is 14.5. The molecule has 18 nitrogen and oxygen atoms in total. The molecule has 1 unspecified atom stereocenters. The second-order valence-corrected chi connectivity index (χ2v) is 20.0. The van der Waals surface area contributed by atoms with Gasteiger partial charge in [0.25, 0.3) is 17.5 Å². The van der Waals surface area contributed by atoms with Crippen molar-refractivity contribution in [2.45, 2.75) is 179 Å². The highest BCUT2D eigenvalue weighted by Crippen LogP contribution is 2.39. The van der Waals surface area contributed by atoms with Gasteiger partial charge < -0.3 is 43.9 Å². The van der Waals surface area contributed by atoms with Crippen molar-refractivity contribution in [3.63, 3.8) is 0 Å². The van der Waals surface area contributed by atoms with Gasteiger partial charge in [-0.2, -0.15) is 0 Å². The Labute approximate surface area is 406 Å². The molecule has 15 atom stereocenters. The number of ketones is 3. The van der Waals surface area contributed by atoms with Crippen LogP contribution in [0.2, 0.25) is 0 Å². The summed E-state index contributed by atoms with van der Waals surface area (Å²) in [5.74, 6) is -8.29. The summed E-state index contributed by atoms with van der Waals surface area (Å²) < 4.78 is 31.2. The highest BCUT2D eigenvalue weighted by molar-refractivity contribution is 6.39. The minimum atomic E-state index is -2.88. The number of rotatable bonds is 7. The predicted octanol–water partition coefficient (Wildman–Crippen LogP) is 4.77. The molecule has 2 bridgehead atoms. The van der Waals surface area contributed by atoms with E-state index >= 15 is 0 Å². The summed E-state index contributed by atoms with van der Waals surface area (Å²) in [4.78, 5) is 71.8. The molecular formula is C51H77N5O13. The van der Waals surface area contributed by atoms with E-state index in [1.54, 1.807) is 45.0 Å². The van der Waals surface area contributed by atoms with Gasteiger partial charge in [0.05, 0.1) is 24.4 Å². The number of carbonyl (C=O) groups excluding carboxylic acids is 5. The highest BCUT2D eigenvalue weighted by Gasteiger charge is 2.54. The van der Waals surface area contributed by atoms with Gasteiger partial charge in [-0.3, -0.25) is 19.2 Å². The van der Waals surface area contributed by atoms with Crippen molar-refractivity contribution in [1.29, 1.82) is 0 Å². The lowest BCUT2D eigenvalue weighted by molar-refractivity contribution is -0.282. The standard InChI is InChI=1S/C51H77N5O13/c1-30-15-11-10-12-16-31(2)41(65-7)27-37-19-21-44(58)51(64,69-37)48(61)49(62)55-22-14-13-17-39(55)50(63)68-42(33(4)25-36-18-20-38(43(26-36)66-8)56-29-52-53-54-56)28-40(57)32(3)24-35(6)46(60)47(67-9)45(59)34(5)23-30/h10-12,15-16,24,29-30,32-34,36-39,41-44,46-47,58,60,64H,13-14,17-23,25-28H2,1-9H3/b12-10+,15-11+,31-16+,35-24+/t30-,32-,33-,34-,36+,37+,38+,39+,41+,42+,43-,44?,46-,47+,51-/m1/s1. The molecule has 3 fully saturated rings. The summed E-state index contributed by atoms with van der Waals surface area (Å²) >= 11 is 0. The van der Waals surface area contributed by atoms with E-state index in [1.807, 2.05) is 51.2 Å². The smallest absolute Gasteiger partial charge is 0.329 e. The van der Waals surface area contributed by atoms with E-state index in [9.17, 15) is 39.3 Å². The van der Waals surface area contributed by atoms with Gasteiger partial charge in [0.2, 0.25) is 0 Å². The largest absolute Gasteiger partial charge is 0.460 e. The molecule has 5 rings (SSSR count). The Morgan fingerprint density at radius 2 is 1.64 bits per heavy atom. The van der Waals surface area contributed by atoms with Crippen molar-refractivity contribution in [3.8, 4) is 0 Å². The summed E-state index contributed by atoms with van der Waals surface area (Å²) in [7, 11) is 4.55. The lowest BCUT2D eigenvalue weighted by Crippen LogP contribution is -2.63. The molecule has 3 aliphatic heterocycles. The van der Waals surface area contributed by atoms with Crippen molar-refractivity contribution < 1.29 is 63.0 Å². The van der Waals surface area contributed by atoms with Gasteiger partial charge >= 0.3 is 5.97 Å². The maximum Gasteiger partial charge on any atom is 0.329 e. The molecule has 1 aromatic rings. The van der Waals surface area contributed by atoms with E-state index in [1.165, 1.54) is 14.2 Å². The second-order valence-electron chi connectivity index (χ2n) is 20.0. The van der Waals surface area contributed by atoms with Crippen LogP contribution in [0.3, 0.4) is 0 Å². The first kappa shape index (κ1) is 55.6. The summed E-state index contributed by atoms with van der Waals surface area (Å²) in [5, 5.41) is 45.9. The van der Waals surface area contributed by atoms with Gasteiger partial charge in [-0.1, -0.05) is 64.2 Å². The number of Topliss-reactive ketones (excluding diaryl/α,β-unsaturated/α-hetero) is 3. The van der Waals surface area contributed by atoms with Gasteiger partial charge in [0, 0.05) is 52.6 Å². The van der Waals surface area contributed by atoms with Crippen LogP contribution in [0.5, 0.6) is 0 Å². The lowest BCUT2D eigenvalue weighted by Gasteiger charge is -2.42. The number of amides is 1. The zero-order valence-corrected chi connectivity index (χ0v) is 42.0. The highest BCUT2D eigenvalue weighted by atomic mass is 16.7. The molecule has 2 saturated heterocycles. The van der Waals surface area contributed by atoms with Gasteiger partial charge in [0.1, 0.15) is 42.6 Å². The topological polar surface area (TPSA) is 239 Å². The second kappa shape index (κ2) is 25.7. The lowest BCUT2D eigenvalue weighted by atomic mass is 9.77. The van der Waals surface area contributed by atoms with Crippen LogP contribution in [0.4, 0.5) is 0 Å². The van der Waals surface area contributed by atoms with Crippen molar-refractivity contribution >= 4 is 29.2 Å². The summed E-state index contributed by atoms with van der Waals surface area (Å²) in [6.45, 7) is 10.9. The monoisotopic (exact) mass is 968 g/mol. The number of hydrogen-bond donors (Lipinski definition) is 3. The summed E-state index contributed by atoms with van der Waals surface area (Å²) in [6.07, 6.45) is 10.6. The van der Waals surface area contributed by atoms with Crippen LogP contribution in [0.15, 0.2) is 53.9 Å². The van der Waals surface area contributed by atoms with Gasteiger partial charge in [-0.25, -0.2) is 9.48 Å². The predicted molar refractivity (Wildman–Crippen MR) is 253 cm³/mol. The number of hydrogen-bond acceptors (Lipinski definition) is 16. The normalized spacial score (nSPS) is 38.8. The van der Waals surface area contributed by atoms with E-state index < -0.39 is 77.9 Å². The minimum Gasteiger partial charge on any atom is -0.460 e. The Kier molecular flexibility index (Phi) is 20.7. The third kappa shape index (κ3) is 14.2. The SMILES string of the molecule is CO[C@H]1C[C@@H]2CCC(O)[C@@](O)(O2)C(=O)C(=O)N2CCCC[C@H]2C(=O)O[C@H]([C@H](C)C[C@@H]2CC[C@H](n3cnnn3)[C@H](OC)C2)CC(=O)[C@H](C)/C=C(\C)[C@@H](O)[C@@H](OC)C(=O)[C@H](C)C[C@H](C)/C=C/C=C/C=C/1C. The van der Waals surface area contributed by atoms with Gasteiger partial charge in [0.15, 0.2) is 5.78 Å². The number of methoxy groups -OCH3 is 3. The molecule has 0 aromatic carbocycles. The molecule has 4 heterocycles.